The summed E-state index contributed by atoms with van der Waals surface area (Å²) < 4.78 is 0. The van der Waals surface area contributed by atoms with E-state index in [2.05, 4.69) is 11.0 Å². The van der Waals surface area contributed by atoms with Gasteiger partial charge < -0.3 is 15.5 Å². The Hall–Kier alpha value is -2.55. The average Bonchev–Trinajstić information content (AvgIpc) is 3.12. The average molecular weight is 366 g/mol. The van der Waals surface area contributed by atoms with Crippen LogP contribution in [-0.4, -0.2) is 42.9 Å². The second-order valence-corrected chi connectivity index (χ2v) is 8.45. The van der Waals surface area contributed by atoms with E-state index in [4.69, 9.17) is 11.0 Å². The molecule has 0 radical (unpaired) electrons. The van der Waals surface area contributed by atoms with Crippen LogP contribution < -0.4 is 10.6 Å². The van der Waals surface area contributed by atoms with Gasteiger partial charge in [0, 0.05) is 43.3 Å². The first-order valence-corrected chi connectivity index (χ1v) is 9.83. The summed E-state index contributed by atoms with van der Waals surface area (Å²) in [5, 5.41) is 9.00. The molecule has 1 spiro atoms. The topological polar surface area (TPSA) is 90.4 Å². The molecule has 6 nitrogen and oxygen atoms in total. The molecule has 2 N–H and O–H groups in total. The maximum Gasteiger partial charge on any atom is 0.253 e. The molecule has 0 aromatic heterocycles. The zero-order valence-electron chi connectivity index (χ0n) is 15.6. The molecule has 4 rings (SSSR count). The predicted molar refractivity (Wildman–Crippen MR) is 102 cm³/mol. The van der Waals surface area contributed by atoms with Crippen molar-refractivity contribution in [3.63, 3.8) is 0 Å². The second-order valence-electron chi connectivity index (χ2n) is 8.45. The Balaban J connectivity index is 1.39. The largest absolute Gasteiger partial charge is 0.371 e. The summed E-state index contributed by atoms with van der Waals surface area (Å²) in [4.78, 5) is 28.4. The van der Waals surface area contributed by atoms with E-state index in [9.17, 15) is 9.59 Å². The van der Waals surface area contributed by atoms with E-state index >= 15 is 0 Å². The molecule has 142 valence electrons. The number of anilines is 1. The lowest BCUT2D eigenvalue weighted by atomic mass is 9.62. The van der Waals surface area contributed by atoms with Gasteiger partial charge in [-0.1, -0.05) is 0 Å². The van der Waals surface area contributed by atoms with Crippen LogP contribution in [0.3, 0.4) is 0 Å². The van der Waals surface area contributed by atoms with Crippen molar-refractivity contribution in [2.24, 2.45) is 23.0 Å². The molecular formula is C21H26N4O2. The van der Waals surface area contributed by atoms with E-state index in [1.807, 2.05) is 29.2 Å². The molecule has 2 amide bonds. The highest BCUT2D eigenvalue weighted by Crippen LogP contribution is 2.51. The third kappa shape index (κ3) is 3.39. The number of nitriles is 1. The van der Waals surface area contributed by atoms with Gasteiger partial charge in [0.05, 0.1) is 12.0 Å². The maximum atomic E-state index is 12.8. The second kappa shape index (κ2) is 6.88. The molecule has 2 heterocycles. The van der Waals surface area contributed by atoms with Crippen LogP contribution >= 0.6 is 0 Å². The number of hydrogen-bond donors (Lipinski definition) is 1. The van der Waals surface area contributed by atoms with E-state index in [1.54, 1.807) is 0 Å². The number of nitrogens with two attached hydrogens (primary N) is 1. The fraction of sp³-hybridized carbons (Fsp3) is 0.571. The smallest absolute Gasteiger partial charge is 0.253 e. The van der Waals surface area contributed by atoms with Crippen LogP contribution in [0.15, 0.2) is 24.3 Å². The van der Waals surface area contributed by atoms with Crippen LogP contribution in [-0.2, 0) is 4.79 Å². The third-order valence-electron chi connectivity index (χ3n) is 6.57. The minimum Gasteiger partial charge on any atom is -0.371 e. The standard InChI is InChI=1S/C21H26N4O2/c22-12-15-10-21(11-15)7-9-25(14-21)20(27)16-3-5-18(6-4-16)24-8-1-2-17(13-24)19(23)26/h3-6,15,17H,1-2,7-11,13-14H2,(H2,23,26). The summed E-state index contributed by atoms with van der Waals surface area (Å²) in [7, 11) is 0. The van der Waals surface area contributed by atoms with E-state index in [0.29, 0.717) is 12.1 Å². The maximum absolute atomic E-state index is 12.8. The number of carbonyl (C=O) groups excluding carboxylic acids is 2. The fourth-order valence-corrected chi connectivity index (χ4v) is 4.96. The number of likely N-dealkylation sites (tertiary alicyclic amines) is 1. The summed E-state index contributed by atoms with van der Waals surface area (Å²) in [6.45, 7) is 3.12. The molecule has 2 saturated heterocycles. The Bertz CT molecular complexity index is 776. The fourth-order valence-electron chi connectivity index (χ4n) is 4.96. The van der Waals surface area contributed by atoms with Gasteiger partial charge >= 0.3 is 0 Å². The van der Waals surface area contributed by atoms with E-state index in [-0.39, 0.29) is 29.1 Å². The quantitative estimate of drug-likeness (QED) is 0.887. The highest BCUT2D eigenvalue weighted by Gasteiger charge is 2.49. The van der Waals surface area contributed by atoms with Gasteiger partial charge in [-0.25, -0.2) is 0 Å². The third-order valence-corrected chi connectivity index (χ3v) is 6.57. The monoisotopic (exact) mass is 366 g/mol. The first kappa shape index (κ1) is 17.8. The van der Waals surface area contributed by atoms with Gasteiger partial charge in [0.1, 0.15) is 0 Å². The Morgan fingerprint density at radius 2 is 1.93 bits per heavy atom. The molecular weight excluding hydrogens is 340 g/mol. The van der Waals surface area contributed by atoms with Gasteiger partial charge in [0.2, 0.25) is 5.91 Å². The number of nitrogens with zero attached hydrogens (tertiary/aromatic N) is 3. The molecule has 3 aliphatic rings. The van der Waals surface area contributed by atoms with Crippen molar-refractivity contribution in [1.29, 1.82) is 5.26 Å². The number of primary amides is 1. The van der Waals surface area contributed by atoms with Gasteiger partial charge in [0.25, 0.3) is 5.91 Å². The Morgan fingerprint density at radius 1 is 1.19 bits per heavy atom. The summed E-state index contributed by atoms with van der Waals surface area (Å²) in [5.74, 6) is -0.0785. The first-order valence-electron chi connectivity index (χ1n) is 9.83. The number of benzene rings is 1. The normalized spacial score (nSPS) is 30.0. The molecule has 1 aromatic carbocycles. The number of carbonyl (C=O) groups is 2. The SMILES string of the molecule is N#CC1CC2(CCN(C(=O)c3ccc(N4CCCC(C(N)=O)C4)cc3)C2)C1. The molecule has 27 heavy (non-hydrogen) atoms. The Kier molecular flexibility index (Phi) is 4.55. The predicted octanol–water partition coefficient (Wildman–Crippen LogP) is 2.15. The summed E-state index contributed by atoms with van der Waals surface area (Å²) in [6, 6.07) is 10.0. The van der Waals surface area contributed by atoms with E-state index in [0.717, 1.165) is 57.4 Å². The highest BCUT2D eigenvalue weighted by atomic mass is 16.2. The molecule has 6 heteroatoms. The molecule has 0 bridgehead atoms. The number of piperidine rings is 1. The van der Waals surface area contributed by atoms with Crippen LogP contribution in [0.2, 0.25) is 0 Å². The van der Waals surface area contributed by atoms with Gasteiger partial charge in [-0.2, -0.15) is 5.26 Å². The van der Waals surface area contributed by atoms with E-state index < -0.39 is 0 Å². The zero-order chi connectivity index (χ0) is 19.0. The van der Waals surface area contributed by atoms with Crippen LogP contribution in [0, 0.1) is 28.6 Å². The molecule has 1 aromatic rings. The van der Waals surface area contributed by atoms with Crippen molar-refractivity contribution >= 4 is 17.5 Å². The first-order chi connectivity index (χ1) is 13.0. The van der Waals surface area contributed by atoms with Crippen LogP contribution in [0.25, 0.3) is 0 Å². The van der Waals surface area contributed by atoms with E-state index in [1.165, 1.54) is 0 Å². The molecule has 3 fully saturated rings. The molecule has 1 aliphatic carbocycles. The summed E-state index contributed by atoms with van der Waals surface area (Å²) >= 11 is 0. The summed E-state index contributed by atoms with van der Waals surface area (Å²) in [5.41, 5.74) is 7.39. The van der Waals surface area contributed by atoms with Crippen molar-refractivity contribution in [1.82, 2.24) is 4.90 Å². The van der Waals surface area contributed by atoms with Crippen molar-refractivity contribution in [2.75, 3.05) is 31.1 Å². The van der Waals surface area contributed by atoms with Gasteiger partial charge in [-0.05, 0) is 61.8 Å². The van der Waals surface area contributed by atoms with Crippen LogP contribution in [0.5, 0.6) is 0 Å². The number of hydrogen-bond acceptors (Lipinski definition) is 4. The van der Waals surface area contributed by atoms with Crippen LogP contribution in [0.4, 0.5) is 5.69 Å². The number of rotatable bonds is 3. The lowest BCUT2D eigenvalue weighted by molar-refractivity contribution is -0.122. The van der Waals surface area contributed by atoms with Crippen molar-refractivity contribution < 1.29 is 9.59 Å². The Morgan fingerprint density at radius 3 is 2.59 bits per heavy atom. The summed E-state index contributed by atoms with van der Waals surface area (Å²) in [6.07, 6.45) is 4.68. The zero-order valence-corrected chi connectivity index (χ0v) is 15.6. The Labute approximate surface area is 159 Å². The highest BCUT2D eigenvalue weighted by molar-refractivity contribution is 5.94. The van der Waals surface area contributed by atoms with Gasteiger partial charge in [-0.15, -0.1) is 0 Å². The minimum atomic E-state index is -0.232. The number of amides is 2. The minimum absolute atomic E-state index is 0.0764. The van der Waals surface area contributed by atoms with Gasteiger partial charge in [-0.3, -0.25) is 9.59 Å². The lowest BCUT2D eigenvalue weighted by Crippen LogP contribution is -2.41. The van der Waals surface area contributed by atoms with Gasteiger partial charge in [0.15, 0.2) is 0 Å². The van der Waals surface area contributed by atoms with Crippen molar-refractivity contribution in [3.05, 3.63) is 29.8 Å². The lowest BCUT2D eigenvalue weighted by Gasteiger charge is -2.41. The van der Waals surface area contributed by atoms with Crippen LogP contribution in [0.1, 0.15) is 42.5 Å². The molecule has 2 aliphatic heterocycles. The van der Waals surface area contributed by atoms with Crippen molar-refractivity contribution in [3.8, 4) is 6.07 Å². The molecule has 1 saturated carbocycles. The molecule has 1 unspecified atom stereocenters. The van der Waals surface area contributed by atoms with Crippen molar-refractivity contribution in [2.45, 2.75) is 32.1 Å². The molecule has 1 atom stereocenters.